The number of pyridine rings is 1. The van der Waals surface area contributed by atoms with Crippen LogP contribution in [0.1, 0.15) is 0 Å². The van der Waals surface area contributed by atoms with Gasteiger partial charge in [-0.05, 0) is 124 Å². The Morgan fingerprint density at radius 3 is 1.51 bits per heavy atom. The van der Waals surface area contributed by atoms with Crippen molar-refractivity contribution in [1.29, 1.82) is 0 Å². The van der Waals surface area contributed by atoms with Crippen LogP contribution in [0.15, 0.2) is 203 Å². The van der Waals surface area contributed by atoms with Gasteiger partial charge in [-0.15, -0.1) is 0 Å². The van der Waals surface area contributed by atoms with Crippen LogP contribution >= 0.6 is 0 Å². The summed E-state index contributed by atoms with van der Waals surface area (Å²) in [6.45, 7) is 0. The van der Waals surface area contributed by atoms with Crippen molar-refractivity contribution in [3.8, 4) is 33.5 Å². The second-order valence-corrected chi connectivity index (χ2v) is 14.0. The summed E-state index contributed by atoms with van der Waals surface area (Å²) in [7, 11) is 0. The molecule has 0 radical (unpaired) electrons. The molecule has 55 heavy (non-hydrogen) atoms. The van der Waals surface area contributed by atoms with E-state index in [-0.39, 0.29) is 0 Å². The molecule has 0 N–H and O–H groups in total. The summed E-state index contributed by atoms with van der Waals surface area (Å²) in [5.74, 6) is 0. The Morgan fingerprint density at radius 2 is 0.873 bits per heavy atom. The van der Waals surface area contributed by atoms with Crippen LogP contribution in [0.3, 0.4) is 0 Å². The van der Waals surface area contributed by atoms with Crippen LogP contribution in [0.25, 0.3) is 88.2 Å². The predicted molar refractivity (Wildman–Crippen MR) is 227 cm³/mol. The van der Waals surface area contributed by atoms with Gasteiger partial charge in [0.15, 0.2) is 0 Å². The normalized spacial score (nSPS) is 11.6. The molecule has 4 heteroatoms. The quantitative estimate of drug-likeness (QED) is 0.173. The molecule has 0 bridgehead atoms. The number of aromatic nitrogens is 1. The van der Waals surface area contributed by atoms with E-state index < -0.39 is 0 Å². The Labute approximate surface area is 317 Å². The van der Waals surface area contributed by atoms with E-state index in [1.165, 1.54) is 10.8 Å². The van der Waals surface area contributed by atoms with E-state index in [1.54, 1.807) is 0 Å². The summed E-state index contributed by atoms with van der Waals surface area (Å²) in [4.78, 5) is 7.41. The van der Waals surface area contributed by atoms with Crippen molar-refractivity contribution in [1.82, 2.24) is 4.98 Å². The molecule has 0 fully saturated rings. The van der Waals surface area contributed by atoms with Crippen LogP contribution in [0.4, 0.5) is 17.1 Å². The summed E-state index contributed by atoms with van der Waals surface area (Å²) < 4.78 is 12.4. The Morgan fingerprint density at radius 1 is 0.327 bits per heavy atom. The number of para-hydroxylation sites is 3. The zero-order valence-corrected chi connectivity index (χ0v) is 29.7. The zero-order valence-electron chi connectivity index (χ0n) is 29.7. The van der Waals surface area contributed by atoms with E-state index >= 15 is 0 Å². The first-order valence-electron chi connectivity index (χ1n) is 18.5. The molecule has 0 aliphatic carbocycles. The Balaban J connectivity index is 1.06. The van der Waals surface area contributed by atoms with Crippen molar-refractivity contribution >= 4 is 71.7 Å². The molecule has 0 unspecified atom stereocenters. The van der Waals surface area contributed by atoms with Crippen LogP contribution in [0.2, 0.25) is 0 Å². The average molecular weight is 705 g/mol. The fraction of sp³-hybridized carbons (Fsp3) is 0. The van der Waals surface area contributed by atoms with Gasteiger partial charge in [-0.3, -0.25) is 4.98 Å². The minimum atomic E-state index is 0.880. The second-order valence-electron chi connectivity index (χ2n) is 14.0. The van der Waals surface area contributed by atoms with Crippen molar-refractivity contribution in [2.45, 2.75) is 0 Å². The molecule has 0 aliphatic heterocycles. The van der Waals surface area contributed by atoms with Crippen molar-refractivity contribution in [3.63, 3.8) is 0 Å². The number of hydrogen-bond acceptors (Lipinski definition) is 4. The lowest BCUT2D eigenvalue weighted by Gasteiger charge is -2.25. The Bertz CT molecular complexity index is 3080. The van der Waals surface area contributed by atoms with Gasteiger partial charge >= 0.3 is 0 Å². The first-order chi connectivity index (χ1) is 27.2. The molecule has 11 aromatic rings. The predicted octanol–water partition coefficient (Wildman–Crippen LogP) is 14.5. The van der Waals surface area contributed by atoms with Gasteiger partial charge < -0.3 is 13.7 Å². The van der Waals surface area contributed by atoms with E-state index in [0.717, 1.165) is 94.5 Å². The summed E-state index contributed by atoms with van der Waals surface area (Å²) in [6, 6.07) is 66.0. The number of fused-ring (bicyclic) bond motifs is 7. The van der Waals surface area contributed by atoms with Crippen LogP contribution in [0.5, 0.6) is 0 Å². The molecular weight excluding hydrogens is 673 g/mol. The van der Waals surface area contributed by atoms with E-state index in [9.17, 15) is 0 Å². The third-order valence-electron chi connectivity index (χ3n) is 10.7. The molecule has 0 aliphatic rings. The fourth-order valence-electron chi connectivity index (χ4n) is 7.95. The SMILES string of the molecule is c1ccc(N(c2ccc(-c3cc(-c4ccc5oc6ccccc6c5c4)cc(-c4ccc5oc6ccccc6c5c4)c3)nc2)c2ccc3ccccc3c2)cc1. The van der Waals surface area contributed by atoms with Crippen LogP contribution in [-0.2, 0) is 0 Å². The van der Waals surface area contributed by atoms with E-state index in [0.29, 0.717) is 0 Å². The third kappa shape index (κ3) is 5.43. The molecule has 0 spiro atoms. The molecule has 3 heterocycles. The number of nitrogens with zero attached hydrogens (tertiary/aromatic N) is 2. The molecule has 0 atom stereocenters. The Kier molecular flexibility index (Phi) is 7.14. The summed E-state index contributed by atoms with van der Waals surface area (Å²) in [6.07, 6.45) is 1.98. The highest BCUT2D eigenvalue weighted by Crippen LogP contribution is 2.40. The zero-order chi connectivity index (χ0) is 36.3. The first-order valence-corrected chi connectivity index (χ1v) is 18.5. The lowest BCUT2D eigenvalue weighted by molar-refractivity contribution is 0.668. The van der Waals surface area contributed by atoms with Gasteiger partial charge in [-0.2, -0.15) is 0 Å². The molecule has 0 saturated carbocycles. The lowest BCUT2D eigenvalue weighted by Crippen LogP contribution is -2.10. The van der Waals surface area contributed by atoms with Gasteiger partial charge in [0.2, 0.25) is 0 Å². The number of furan rings is 2. The van der Waals surface area contributed by atoms with Gasteiger partial charge in [-0.1, -0.05) is 97.1 Å². The topological polar surface area (TPSA) is 42.4 Å². The Hall–Kier alpha value is -7.43. The van der Waals surface area contributed by atoms with Crippen LogP contribution < -0.4 is 4.90 Å². The highest BCUT2D eigenvalue weighted by molar-refractivity contribution is 6.07. The molecule has 8 aromatic carbocycles. The van der Waals surface area contributed by atoms with Crippen LogP contribution in [-0.4, -0.2) is 4.98 Å². The third-order valence-corrected chi connectivity index (χ3v) is 10.7. The van der Waals surface area contributed by atoms with E-state index in [4.69, 9.17) is 13.8 Å². The fourth-order valence-corrected chi connectivity index (χ4v) is 7.95. The second kappa shape index (κ2) is 12.6. The van der Waals surface area contributed by atoms with Crippen molar-refractivity contribution in [2.24, 2.45) is 0 Å². The molecule has 3 aromatic heterocycles. The largest absolute Gasteiger partial charge is 0.456 e. The molecule has 258 valence electrons. The van der Waals surface area contributed by atoms with E-state index in [1.807, 2.05) is 36.5 Å². The lowest BCUT2D eigenvalue weighted by atomic mass is 9.93. The van der Waals surface area contributed by atoms with Gasteiger partial charge in [0.1, 0.15) is 22.3 Å². The van der Waals surface area contributed by atoms with Crippen molar-refractivity contribution in [3.05, 3.63) is 194 Å². The maximum atomic E-state index is 6.19. The smallest absolute Gasteiger partial charge is 0.135 e. The highest BCUT2D eigenvalue weighted by atomic mass is 16.3. The van der Waals surface area contributed by atoms with E-state index in [2.05, 4.69) is 163 Å². The molecule has 4 nitrogen and oxygen atoms in total. The summed E-state index contributed by atoms with van der Waals surface area (Å²) in [5, 5.41) is 6.83. The highest BCUT2D eigenvalue weighted by Gasteiger charge is 2.16. The minimum absolute atomic E-state index is 0.880. The number of hydrogen-bond donors (Lipinski definition) is 0. The molecule has 0 saturated heterocycles. The van der Waals surface area contributed by atoms with Gasteiger partial charge in [0, 0.05) is 38.5 Å². The molecular formula is C51H32N2O2. The standard InChI is InChI=1S/C51H32N2O2/c1-2-12-40(13-3-1)53(41-21-18-33-10-4-5-11-34(33)29-41)42-22-23-47(52-32-42)39-27-37(35-19-24-50-45(30-35)43-14-6-8-16-48(43)54-50)26-38(28-39)36-20-25-51-46(31-36)44-15-7-9-17-49(44)55-51/h1-32H. The van der Waals surface area contributed by atoms with Crippen molar-refractivity contribution < 1.29 is 8.83 Å². The summed E-state index contributed by atoms with van der Waals surface area (Å²) >= 11 is 0. The van der Waals surface area contributed by atoms with Gasteiger partial charge in [0.05, 0.1) is 17.6 Å². The van der Waals surface area contributed by atoms with Gasteiger partial charge in [0.25, 0.3) is 0 Å². The summed E-state index contributed by atoms with van der Waals surface area (Å²) in [5.41, 5.74) is 13.0. The van der Waals surface area contributed by atoms with Crippen molar-refractivity contribution in [2.75, 3.05) is 4.90 Å². The minimum Gasteiger partial charge on any atom is -0.456 e. The van der Waals surface area contributed by atoms with Crippen LogP contribution in [0, 0.1) is 0 Å². The number of benzene rings is 8. The maximum absolute atomic E-state index is 6.19. The molecule has 0 amide bonds. The molecule has 11 rings (SSSR count). The van der Waals surface area contributed by atoms with Gasteiger partial charge in [-0.25, -0.2) is 0 Å². The maximum Gasteiger partial charge on any atom is 0.135 e. The number of anilines is 3. The monoisotopic (exact) mass is 704 g/mol. The number of rotatable bonds is 6. The average Bonchev–Trinajstić information content (AvgIpc) is 3.82. The first kappa shape index (κ1) is 31.1.